The van der Waals surface area contributed by atoms with Crippen molar-refractivity contribution in [1.29, 1.82) is 0 Å². The molecule has 0 aromatic heterocycles. The molecular weight excluding hydrogens is 255 g/mol. The second-order valence-corrected chi connectivity index (χ2v) is 6.25. The van der Waals surface area contributed by atoms with Gasteiger partial charge in [0, 0.05) is 6.04 Å². The van der Waals surface area contributed by atoms with E-state index in [9.17, 15) is 18.3 Å². The van der Waals surface area contributed by atoms with E-state index in [0.29, 0.717) is 12.5 Å². The molecular formula is C14H24F3NO. The van der Waals surface area contributed by atoms with Crippen molar-refractivity contribution >= 4 is 0 Å². The lowest BCUT2D eigenvalue weighted by atomic mass is 9.80. The van der Waals surface area contributed by atoms with Crippen LogP contribution >= 0.6 is 0 Å². The highest BCUT2D eigenvalue weighted by Gasteiger charge is 2.48. The summed E-state index contributed by atoms with van der Waals surface area (Å²) in [6, 6.07) is -0.552. The molecule has 2 saturated carbocycles. The van der Waals surface area contributed by atoms with Gasteiger partial charge in [-0.15, -0.1) is 0 Å². The van der Waals surface area contributed by atoms with E-state index in [1.807, 2.05) is 4.90 Å². The van der Waals surface area contributed by atoms with E-state index in [2.05, 4.69) is 0 Å². The van der Waals surface area contributed by atoms with Crippen molar-refractivity contribution in [2.45, 2.75) is 63.3 Å². The van der Waals surface area contributed by atoms with Gasteiger partial charge in [0.1, 0.15) is 0 Å². The molecule has 19 heavy (non-hydrogen) atoms. The largest absolute Gasteiger partial charge is 0.393 e. The molecule has 0 aromatic carbocycles. The summed E-state index contributed by atoms with van der Waals surface area (Å²) in [5.41, 5.74) is 0. The summed E-state index contributed by atoms with van der Waals surface area (Å²) in [5.74, 6) is -0.567. The van der Waals surface area contributed by atoms with Gasteiger partial charge in [-0.05, 0) is 45.2 Å². The van der Waals surface area contributed by atoms with Gasteiger partial charge in [-0.25, -0.2) is 0 Å². The standard InChI is InChI=1S/C14H24F3NO/c1-18(8-7-10-3-2-4-10)13-9-11(19)5-6-12(13)14(15,16)17/h10-13,19H,2-9H2,1H3. The Morgan fingerprint density at radius 1 is 1.16 bits per heavy atom. The second kappa shape index (κ2) is 6.00. The lowest BCUT2D eigenvalue weighted by Gasteiger charge is -2.41. The Bertz CT molecular complexity index is 291. The van der Waals surface area contributed by atoms with Crippen molar-refractivity contribution in [2.24, 2.45) is 11.8 Å². The minimum atomic E-state index is -4.14. The average molecular weight is 279 g/mol. The molecule has 0 radical (unpaired) electrons. The van der Waals surface area contributed by atoms with Crippen LogP contribution in [0.25, 0.3) is 0 Å². The highest BCUT2D eigenvalue weighted by atomic mass is 19.4. The van der Waals surface area contributed by atoms with Crippen LogP contribution in [-0.2, 0) is 0 Å². The Balaban J connectivity index is 1.91. The van der Waals surface area contributed by atoms with Crippen LogP contribution in [0.2, 0.25) is 0 Å². The van der Waals surface area contributed by atoms with E-state index in [0.717, 1.165) is 6.42 Å². The highest BCUT2D eigenvalue weighted by molar-refractivity contribution is 4.89. The minimum absolute atomic E-state index is 0.0586. The third-order valence-corrected chi connectivity index (χ3v) is 4.89. The fourth-order valence-corrected chi connectivity index (χ4v) is 3.33. The number of aliphatic hydroxyl groups excluding tert-OH is 1. The number of hydrogen-bond acceptors (Lipinski definition) is 2. The summed E-state index contributed by atoms with van der Waals surface area (Å²) >= 11 is 0. The van der Waals surface area contributed by atoms with Crippen LogP contribution in [-0.4, -0.2) is 41.9 Å². The Labute approximate surface area is 113 Å². The van der Waals surface area contributed by atoms with E-state index in [-0.39, 0.29) is 19.3 Å². The third-order valence-electron chi connectivity index (χ3n) is 4.89. The number of halogens is 3. The summed E-state index contributed by atoms with van der Waals surface area (Å²) in [7, 11) is 1.78. The van der Waals surface area contributed by atoms with Crippen LogP contribution < -0.4 is 0 Å². The Hall–Kier alpha value is -0.290. The molecule has 2 aliphatic rings. The van der Waals surface area contributed by atoms with Crippen LogP contribution in [0.15, 0.2) is 0 Å². The zero-order valence-corrected chi connectivity index (χ0v) is 11.5. The third kappa shape index (κ3) is 3.85. The summed E-state index contributed by atoms with van der Waals surface area (Å²) in [6.07, 6.45) is 0.583. The topological polar surface area (TPSA) is 23.5 Å². The van der Waals surface area contributed by atoms with E-state index < -0.39 is 24.2 Å². The molecule has 2 nitrogen and oxygen atoms in total. The van der Waals surface area contributed by atoms with E-state index in [4.69, 9.17) is 0 Å². The zero-order valence-electron chi connectivity index (χ0n) is 11.5. The Kier molecular flexibility index (Phi) is 4.77. The predicted molar refractivity (Wildman–Crippen MR) is 67.8 cm³/mol. The monoisotopic (exact) mass is 279 g/mol. The first-order valence-corrected chi connectivity index (χ1v) is 7.33. The first-order chi connectivity index (χ1) is 8.88. The van der Waals surface area contributed by atoms with Crippen molar-refractivity contribution in [1.82, 2.24) is 4.90 Å². The van der Waals surface area contributed by atoms with Crippen LogP contribution in [0.1, 0.15) is 44.9 Å². The Morgan fingerprint density at radius 3 is 2.37 bits per heavy atom. The van der Waals surface area contributed by atoms with Gasteiger partial charge in [0.15, 0.2) is 0 Å². The van der Waals surface area contributed by atoms with E-state index in [1.54, 1.807) is 7.05 Å². The van der Waals surface area contributed by atoms with Gasteiger partial charge in [-0.3, -0.25) is 0 Å². The molecule has 2 rings (SSSR count). The maximum atomic E-state index is 13.0. The number of aliphatic hydroxyl groups is 1. The quantitative estimate of drug-likeness (QED) is 0.854. The molecule has 3 unspecified atom stereocenters. The van der Waals surface area contributed by atoms with Gasteiger partial charge in [0.05, 0.1) is 12.0 Å². The molecule has 0 heterocycles. The van der Waals surface area contributed by atoms with Gasteiger partial charge in [-0.1, -0.05) is 19.3 Å². The molecule has 5 heteroatoms. The van der Waals surface area contributed by atoms with Gasteiger partial charge in [0.2, 0.25) is 0 Å². The summed E-state index contributed by atoms with van der Waals surface area (Å²) in [4.78, 5) is 1.83. The average Bonchev–Trinajstić information content (AvgIpc) is 2.24. The molecule has 0 aromatic rings. The van der Waals surface area contributed by atoms with Gasteiger partial charge < -0.3 is 10.0 Å². The first-order valence-electron chi connectivity index (χ1n) is 7.33. The molecule has 0 bridgehead atoms. The molecule has 2 fully saturated rings. The number of rotatable bonds is 4. The number of alkyl halides is 3. The fourth-order valence-electron chi connectivity index (χ4n) is 3.33. The SMILES string of the molecule is CN(CCC1CCC1)C1CC(O)CCC1C(F)(F)F. The van der Waals surface area contributed by atoms with Crippen molar-refractivity contribution < 1.29 is 18.3 Å². The molecule has 3 atom stereocenters. The van der Waals surface area contributed by atoms with E-state index in [1.165, 1.54) is 19.3 Å². The van der Waals surface area contributed by atoms with Crippen molar-refractivity contribution in [2.75, 3.05) is 13.6 Å². The molecule has 112 valence electrons. The lowest BCUT2D eigenvalue weighted by Crippen LogP contribution is -2.49. The number of hydrogen-bond donors (Lipinski definition) is 1. The van der Waals surface area contributed by atoms with Crippen LogP contribution in [0.5, 0.6) is 0 Å². The second-order valence-electron chi connectivity index (χ2n) is 6.25. The fraction of sp³-hybridized carbons (Fsp3) is 1.00. The van der Waals surface area contributed by atoms with Crippen LogP contribution in [0.3, 0.4) is 0 Å². The normalized spacial score (nSPS) is 33.5. The summed E-state index contributed by atoms with van der Waals surface area (Å²) in [5, 5.41) is 9.65. The summed E-state index contributed by atoms with van der Waals surface area (Å²) in [6.45, 7) is 0.717. The van der Waals surface area contributed by atoms with Crippen molar-refractivity contribution in [3.63, 3.8) is 0 Å². The first kappa shape index (κ1) is 15.1. The summed E-state index contributed by atoms with van der Waals surface area (Å²) < 4.78 is 39.1. The van der Waals surface area contributed by atoms with Crippen molar-refractivity contribution in [3.8, 4) is 0 Å². The van der Waals surface area contributed by atoms with Gasteiger partial charge >= 0.3 is 6.18 Å². The molecule has 1 N–H and O–H groups in total. The van der Waals surface area contributed by atoms with Crippen molar-refractivity contribution in [3.05, 3.63) is 0 Å². The maximum absolute atomic E-state index is 13.0. The zero-order chi connectivity index (χ0) is 14.0. The highest BCUT2D eigenvalue weighted by Crippen LogP contribution is 2.40. The number of nitrogens with zero attached hydrogens (tertiary/aromatic N) is 1. The molecule has 0 spiro atoms. The molecule has 0 saturated heterocycles. The lowest BCUT2D eigenvalue weighted by molar-refractivity contribution is -0.203. The van der Waals surface area contributed by atoms with Crippen LogP contribution in [0, 0.1) is 11.8 Å². The Morgan fingerprint density at radius 2 is 1.84 bits per heavy atom. The molecule has 0 amide bonds. The van der Waals surface area contributed by atoms with Gasteiger partial charge in [-0.2, -0.15) is 13.2 Å². The maximum Gasteiger partial charge on any atom is 0.393 e. The van der Waals surface area contributed by atoms with E-state index >= 15 is 0 Å². The predicted octanol–water partition coefficient (Wildman–Crippen LogP) is 3.20. The molecule has 0 aliphatic heterocycles. The van der Waals surface area contributed by atoms with Crippen LogP contribution in [0.4, 0.5) is 13.2 Å². The molecule has 2 aliphatic carbocycles. The minimum Gasteiger partial charge on any atom is -0.393 e. The van der Waals surface area contributed by atoms with Gasteiger partial charge in [0.25, 0.3) is 0 Å². The smallest absolute Gasteiger partial charge is 0.393 e.